The second-order valence-electron chi connectivity index (χ2n) is 12.4. The largest absolute Gasteiger partial charge is 1.00 e. The van der Waals surface area contributed by atoms with Crippen molar-refractivity contribution in [1.29, 1.82) is 0 Å². The number of rotatable bonds is 11. The molecule has 298 valence electrons. The molecule has 0 aromatic heterocycles. The molecule has 62 heavy (non-hydrogen) atoms. The number of hydrogen-bond donors (Lipinski definition) is 3. The number of nitrogen functional groups attached to an aromatic ring is 1. The summed E-state index contributed by atoms with van der Waals surface area (Å²) in [6.07, 6.45) is 0. The number of phenols is 1. The molecular formula is C38H25N8Na3O10S3. The first-order valence-corrected chi connectivity index (χ1v) is 21.0. The number of anilines is 3. The van der Waals surface area contributed by atoms with Crippen LogP contribution in [-0.2, 0) is 30.4 Å². The van der Waals surface area contributed by atoms with E-state index in [1.807, 2.05) is 6.07 Å². The third-order valence-electron chi connectivity index (χ3n) is 8.56. The van der Waals surface area contributed by atoms with Gasteiger partial charge < -0.3 is 29.8 Å². The van der Waals surface area contributed by atoms with Gasteiger partial charge in [0.05, 0.1) is 48.5 Å². The molecule has 0 unspecified atom stereocenters. The van der Waals surface area contributed by atoms with Crippen molar-refractivity contribution in [3.8, 4) is 5.75 Å². The Morgan fingerprint density at radius 1 is 0.500 bits per heavy atom. The van der Waals surface area contributed by atoms with Gasteiger partial charge in [-0.3, -0.25) is 0 Å². The van der Waals surface area contributed by atoms with E-state index in [9.17, 15) is 44.0 Å². The van der Waals surface area contributed by atoms with Crippen LogP contribution in [0, 0.1) is 0 Å². The van der Waals surface area contributed by atoms with Gasteiger partial charge in [-0.25, -0.2) is 25.3 Å². The van der Waals surface area contributed by atoms with Crippen molar-refractivity contribution < 1.29 is 133 Å². The van der Waals surface area contributed by atoms with Crippen LogP contribution >= 0.6 is 0 Å². The van der Waals surface area contributed by atoms with Crippen LogP contribution in [0.5, 0.6) is 5.75 Å². The van der Waals surface area contributed by atoms with Crippen LogP contribution < -0.4 is 99.7 Å². The molecule has 24 heteroatoms. The van der Waals surface area contributed by atoms with Crippen molar-refractivity contribution in [2.75, 3.05) is 11.1 Å². The first-order valence-electron chi connectivity index (χ1n) is 16.8. The minimum absolute atomic E-state index is 0. The number of fused-ring (bicyclic) bond motifs is 2. The molecule has 0 bridgehead atoms. The van der Waals surface area contributed by atoms with E-state index in [-0.39, 0.29) is 117 Å². The average molecular weight is 919 g/mol. The predicted octanol–water partition coefficient (Wildman–Crippen LogP) is -0.00510. The quantitative estimate of drug-likeness (QED) is 0.0669. The number of aromatic hydroxyl groups is 1. The molecule has 0 radical (unpaired) electrons. The number of nitrogens with one attached hydrogen (secondary N) is 1. The second kappa shape index (κ2) is 20.7. The smallest absolute Gasteiger partial charge is 0.744 e. The molecule has 0 aliphatic rings. The molecule has 0 saturated heterocycles. The van der Waals surface area contributed by atoms with Crippen LogP contribution in [0.15, 0.2) is 173 Å². The Morgan fingerprint density at radius 3 is 1.53 bits per heavy atom. The van der Waals surface area contributed by atoms with Crippen LogP contribution in [0.2, 0.25) is 0 Å². The molecule has 0 amide bonds. The zero-order chi connectivity index (χ0) is 42.1. The Labute approximate surface area is 420 Å². The fourth-order valence-electron chi connectivity index (χ4n) is 5.93. The number of hydrogen-bond acceptors (Lipinski definition) is 18. The van der Waals surface area contributed by atoms with E-state index < -0.39 is 78.6 Å². The molecule has 0 aliphatic carbocycles. The summed E-state index contributed by atoms with van der Waals surface area (Å²) < 4.78 is 110. The van der Waals surface area contributed by atoms with Gasteiger partial charge in [0.2, 0.25) is 0 Å². The molecule has 7 rings (SSSR count). The third-order valence-corrected chi connectivity index (χ3v) is 11.1. The minimum Gasteiger partial charge on any atom is -0.744 e. The monoisotopic (exact) mass is 918 g/mol. The van der Waals surface area contributed by atoms with Crippen molar-refractivity contribution in [2.45, 2.75) is 14.7 Å². The van der Waals surface area contributed by atoms with E-state index in [4.69, 9.17) is 5.73 Å². The van der Waals surface area contributed by atoms with Crippen molar-refractivity contribution in [1.82, 2.24) is 0 Å². The van der Waals surface area contributed by atoms with Gasteiger partial charge in [-0.2, -0.15) is 15.3 Å². The summed E-state index contributed by atoms with van der Waals surface area (Å²) in [6, 6.07) is 31.3. The van der Waals surface area contributed by atoms with Crippen LogP contribution in [0.4, 0.5) is 51.2 Å². The van der Waals surface area contributed by atoms with E-state index in [0.29, 0.717) is 28.9 Å². The van der Waals surface area contributed by atoms with Crippen molar-refractivity contribution >= 4 is 103 Å². The van der Waals surface area contributed by atoms with E-state index in [2.05, 4.69) is 36.0 Å². The molecule has 4 N–H and O–H groups in total. The van der Waals surface area contributed by atoms with Gasteiger partial charge in [-0.1, -0.05) is 48.5 Å². The molecule has 0 saturated carbocycles. The Hall–Kier alpha value is -4.01. The van der Waals surface area contributed by atoms with Gasteiger partial charge in [0.25, 0.3) is 0 Å². The summed E-state index contributed by atoms with van der Waals surface area (Å²) in [4.78, 5) is -2.55. The molecule has 0 aliphatic heterocycles. The Morgan fingerprint density at radius 2 is 0.984 bits per heavy atom. The number of benzene rings is 7. The minimum atomic E-state index is -5.37. The van der Waals surface area contributed by atoms with Gasteiger partial charge in [-0.05, 0) is 84.2 Å². The molecular weight excluding hydrogens is 894 g/mol. The van der Waals surface area contributed by atoms with Crippen LogP contribution in [0.1, 0.15) is 0 Å². The summed E-state index contributed by atoms with van der Waals surface area (Å²) in [5.41, 5.74) is 5.98. The van der Waals surface area contributed by atoms with Gasteiger partial charge >= 0.3 is 88.7 Å². The maximum atomic E-state index is 12.4. The zero-order valence-electron chi connectivity index (χ0n) is 32.7. The molecule has 0 atom stereocenters. The number of para-hydroxylation sites is 1. The van der Waals surface area contributed by atoms with Gasteiger partial charge in [0.1, 0.15) is 41.7 Å². The summed E-state index contributed by atoms with van der Waals surface area (Å²) >= 11 is 0. The SMILES string of the molecule is Nc1c(N=Nc2ccc(N=Nc3ccc(Nc4ccccc4)c4c(S(=O)(=O)[O-])cccc34)cc2)c(S(=O)(=O)[O-])cc2cc(S(=O)(=O)[O-])c(N=Nc3ccccc3)c(O)c12.[Na+].[Na+].[Na+]. The maximum absolute atomic E-state index is 12.4. The van der Waals surface area contributed by atoms with E-state index in [1.165, 1.54) is 48.5 Å². The molecule has 18 nitrogen and oxygen atoms in total. The fraction of sp³-hybridized carbons (Fsp3) is 0. The molecule has 0 fully saturated rings. The standard InChI is InChI=1S/C38H28N8O10S3.3Na/c39-35-33-22(21-32(59(54,55)56)37(38(33)47)46-42-24-10-5-2-6-11-24)20-31(58(51,52)53)36(35)45-43-26-16-14-25(15-17-26)41-44-28-18-19-29(40-23-8-3-1-4-9-23)34-27(28)12-7-13-30(34)57(48,49)50;;;/h1-21,40,47H,39H2,(H,48,49,50)(H,51,52,53)(H,54,55,56);;;/q;3*+1/p-3. The second-order valence-corrected chi connectivity index (χ2v) is 16.5. The maximum Gasteiger partial charge on any atom is 1.00 e. The first-order chi connectivity index (χ1) is 28.0. The van der Waals surface area contributed by atoms with E-state index in [1.54, 1.807) is 60.7 Å². The Kier molecular flexibility index (Phi) is 16.9. The van der Waals surface area contributed by atoms with Crippen LogP contribution in [0.25, 0.3) is 21.5 Å². The number of nitrogens with zero attached hydrogens (tertiary/aromatic N) is 6. The van der Waals surface area contributed by atoms with Crippen molar-refractivity contribution in [3.05, 3.63) is 127 Å². The third kappa shape index (κ3) is 11.4. The van der Waals surface area contributed by atoms with E-state index >= 15 is 0 Å². The summed E-state index contributed by atoms with van der Waals surface area (Å²) in [5, 5.41) is 38.0. The van der Waals surface area contributed by atoms with Crippen LogP contribution in [0.3, 0.4) is 0 Å². The molecule has 7 aromatic rings. The number of azo groups is 3. The summed E-state index contributed by atoms with van der Waals surface area (Å²) in [7, 11) is -15.6. The normalized spacial score (nSPS) is 12.0. The summed E-state index contributed by atoms with van der Waals surface area (Å²) in [5.74, 6) is -0.962. The summed E-state index contributed by atoms with van der Waals surface area (Å²) in [6.45, 7) is 0. The van der Waals surface area contributed by atoms with Crippen LogP contribution in [-0.4, -0.2) is 44.0 Å². The fourth-order valence-corrected chi connectivity index (χ4v) is 7.95. The first kappa shape index (κ1) is 50.6. The molecule has 0 heterocycles. The topological polar surface area (TPSA) is 304 Å². The average Bonchev–Trinajstić information content (AvgIpc) is 3.19. The van der Waals surface area contributed by atoms with Crippen molar-refractivity contribution in [2.24, 2.45) is 30.7 Å². The molecule has 0 spiro atoms. The Balaban J connectivity index is 0.00000282. The number of phenolic OH excluding ortho intramolecular Hbond substituents is 1. The predicted molar refractivity (Wildman–Crippen MR) is 213 cm³/mol. The van der Waals surface area contributed by atoms with Gasteiger partial charge in [-0.15, -0.1) is 15.3 Å². The van der Waals surface area contributed by atoms with E-state index in [0.717, 1.165) is 0 Å². The molecule has 7 aromatic carbocycles. The van der Waals surface area contributed by atoms with Crippen molar-refractivity contribution in [3.63, 3.8) is 0 Å². The van der Waals surface area contributed by atoms with Gasteiger partial charge in [0, 0.05) is 22.1 Å². The van der Waals surface area contributed by atoms with Gasteiger partial charge in [0.15, 0.2) is 5.75 Å². The zero-order valence-corrected chi connectivity index (χ0v) is 41.2. The Bertz CT molecular complexity index is 3240. The number of nitrogens with two attached hydrogens (primary N) is 1.